The lowest BCUT2D eigenvalue weighted by molar-refractivity contribution is -0.00333. The molecule has 0 bridgehead atoms. The highest BCUT2D eigenvalue weighted by molar-refractivity contribution is 9.10. The van der Waals surface area contributed by atoms with E-state index in [4.69, 9.17) is 9.47 Å². The van der Waals surface area contributed by atoms with Crippen LogP contribution in [-0.2, 0) is 11.3 Å². The molecule has 0 N–H and O–H groups in total. The average molecular weight is 499 g/mol. The van der Waals surface area contributed by atoms with Crippen LogP contribution in [-0.4, -0.2) is 71.4 Å². The van der Waals surface area contributed by atoms with Crippen LogP contribution in [0.1, 0.15) is 20.8 Å². The van der Waals surface area contributed by atoms with E-state index in [1.165, 1.54) is 16.7 Å². The van der Waals surface area contributed by atoms with Gasteiger partial charge in [0.25, 0.3) is 5.88 Å². The fourth-order valence-electron chi connectivity index (χ4n) is 3.23. The molecule has 2 aromatic rings. The minimum absolute atomic E-state index is 0.0174. The third-order valence-corrected chi connectivity index (χ3v) is 5.39. The van der Waals surface area contributed by atoms with Crippen LogP contribution in [0.15, 0.2) is 21.4 Å². The SMILES string of the molecule is CN(C)CCOc1nc2cc(Br)c(F)cc2n(CC2CN(C(=O)OC(C)(C)C)C2)c1=O. The molecule has 10 heteroatoms. The van der Waals surface area contributed by atoms with Gasteiger partial charge in [0, 0.05) is 38.2 Å². The van der Waals surface area contributed by atoms with Gasteiger partial charge in [0.15, 0.2) is 0 Å². The minimum atomic E-state index is -0.565. The first-order valence-electron chi connectivity index (χ1n) is 10.1. The van der Waals surface area contributed by atoms with Crippen LogP contribution >= 0.6 is 15.9 Å². The van der Waals surface area contributed by atoms with Crippen molar-refractivity contribution in [3.05, 3.63) is 32.8 Å². The quantitative estimate of drug-likeness (QED) is 0.608. The molecule has 3 rings (SSSR count). The van der Waals surface area contributed by atoms with Gasteiger partial charge in [0.2, 0.25) is 0 Å². The first-order chi connectivity index (χ1) is 14.4. The van der Waals surface area contributed by atoms with Crippen LogP contribution < -0.4 is 10.3 Å². The molecule has 1 aromatic carbocycles. The zero-order valence-electron chi connectivity index (χ0n) is 18.4. The van der Waals surface area contributed by atoms with Crippen LogP contribution in [0.5, 0.6) is 5.88 Å². The van der Waals surface area contributed by atoms with Crippen molar-refractivity contribution in [1.29, 1.82) is 0 Å². The molecule has 0 radical (unpaired) electrons. The van der Waals surface area contributed by atoms with Crippen molar-refractivity contribution in [3.8, 4) is 5.88 Å². The number of benzene rings is 1. The molecule has 0 spiro atoms. The molecule has 0 aliphatic carbocycles. The smallest absolute Gasteiger partial charge is 0.410 e. The first-order valence-corrected chi connectivity index (χ1v) is 10.9. The van der Waals surface area contributed by atoms with Crippen molar-refractivity contribution in [2.45, 2.75) is 32.9 Å². The standard InChI is InChI=1S/C21H28BrFN4O4/c1-21(2,3)31-20(29)26-10-13(11-26)12-27-17-9-15(23)14(22)8-16(17)24-18(19(27)28)30-7-6-25(4)5/h8-9,13H,6-7,10-12H2,1-5H3. The van der Waals surface area contributed by atoms with Gasteiger partial charge < -0.3 is 23.8 Å². The summed E-state index contributed by atoms with van der Waals surface area (Å²) in [5, 5.41) is 0. The van der Waals surface area contributed by atoms with Crippen molar-refractivity contribution in [1.82, 2.24) is 19.4 Å². The van der Waals surface area contributed by atoms with E-state index < -0.39 is 17.0 Å². The highest BCUT2D eigenvalue weighted by Crippen LogP contribution is 2.25. The molecule has 1 aromatic heterocycles. The monoisotopic (exact) mass is 498 g/mol. The Morgan fingerprint density at radius 2 is 2.00 bits per heavy atom. The highest BCUT2D eigenvalue weighted by atomic mass is 79.9. The van der Waals surface area contributed by atoms with Crippen molar-refractivity contribution >= 4 is 33.1 Å². The molecular weight excluding hydrogens is 471 g/mol. The average Bonchev–Trinajstić information content (AvgIpc) is 2.60. The molecule has 1 amide bonds. The Labute approximate surface area is 189 Å². The molecular formula is C21H28BrFN4O4. The molecule has 1 fully saturated rings. The van der Waals surface area contributed by atoms with Gasteiger partial charge >= 0.3 is 11.7 Å². The number of likely N-dealkylation sites (N-methyl/N-ethyl adjacent to an activating group) is 1. The Morgan fingerprint density at radius 3 is 2.61 bits per heavy atom. The molecule has 1 saturated heterocycles. The Hall–Kier alpha value is -2.20. The summed E-state index contributed by atoms with van der Waals surface area (Å²) < 4.78 is 27.0. The number of hydrogen-bond donors (Lipinski definition) is 0. The largest absolute Gasteiger partial charge is 0.472 e. The van der Waals surface area contributed by atoms with E-state index in [2.05, 4.69) is 20.9 Å². The van der Waals surface area contributed by atoms with Crippen molar-refractivity contribution in [2.75, 3.05) is 40.3 Å². The van der Waals surface area contributed by atoms with Gasteiger partial charge in [-0.1, -0.05) is 0 Å². The fourth-order valence-corrected chi connectivity index (χ4v) is 3.56. The second-order valence-corrected chi connectivity index (χ2v) is 9.85. The lowest BCUT2D eigenvalue weighted by atomic mass is 10.0. The number of carbonyl (C=O) groups is 1. The Bertz CT molecular complexity index is 1030. The second-order valence-electron chi connectivity index (χ2n) is 8.99. The third-order valence-electron chi connectivity index (χ3n) is 4.79. The number of amides is 1. The lowest BCUT2D eigenvalue weighted by Crippen LogP contribution is -2.53. The maximum absolute atomic E-state index is 14.2. The molecule has 170 valence electrons. The molecule has 31 heavy (non-hydrogen) atoms. The van der Waals surface area contributed by atoms with Crippen LogP contribution in [0.2, 0.25) is 0 Å². The molecule has 0 saturated carbocycles. The predicted molar refractivity (Wildman–Crippen MR) is 119 cm³/mol. The number of rotatable bonds is 6. The maximum atomic E-state index is 14.2. The molecule has 0 unspecified atom stereocenters. The number of fused-ring (bicyclic) bond motifs is 1. The normalized spacial score (nSPS) is 14.8. The van der Waals surface area contributed by atoms with Crippen LogP contribution in [0.3, 0.4) is 0 Å². The zero-order chi connectivity index (χ0) is 22.9. The zero-order valence-corrected chi connectivity index (χ0v) is 20.0. The fraction of sp³-hybridized carbons (Fsp3) is 0.571. The number of hydrogen-bond acceptors (Lipinski definition) is 6. The summed E-state index contributed by atoms with van der Waals surface area (Å²) >= 11 is 3.17. The summed E-state index contributed by atoms with van der Waals surface area (Å²) in [5.74, 6) is -0.457. The van der Waals surface area contributed by atoms with E-state index >= 15 is 0 Å². The summed E-state index contributed by atoms with van der Waals surface area (Å²) in [6.07, 6.45) is -0.377. The topological polar surface area (TPSA) is 76.9 Å². The van der Waals surface area contributed by atoms with Crippen LogP contribution in [0, 0.1) is 11.7 Å². The Balaban J connectivity index is 1.83. The van der Waals surface area contributed by atoms with E-state index in [1.54, 1.807) is 4.90 Å². The lowest BCUT2D eigenvalue weighted by Gasteiger charge is -2.40. The molecule has 1 aliphatic heterocycles. The minimum Gasteiger partial charge on any atom is -0.472 e. The van der Waals surface area contributed by atoms with Gasteiger partial charge in [0.05, 0.1) is 15.5 Å². The number of likely N-dealkylation sites (tertiary alicyclic amines) is 1. The van der Waals surface area contributed by atoms with Gasteiger partial charge in [-0.2, -0.15) is 0 Å². The van der Waals surface area contributed by atoms with Gasteiger partial charge in [-0.25, -0.2) is 14.2 Å². The summed E-state index contributed by atoms with van der Waals surface area (Å²) in [6, 6.07) is 2.83. The van der Waals surface area contributed by atoms with Gasteiger partial charge in [-0.3, -0.25) is 4.79 Å². The number of nitrogens with zero attached hydrogens (tertiary/aromatic N) is 4. The highest BCUT2D eigenvalue weighted by Gasteiger charge is 2.34. The van der Waals surface area contributed by atoms with E-state index in [9.17, 15) is 14.0 Å². The van der Waals surface area contributed by atoms with Crippen molar-refractivity contribution < 1.29 is 18.7 Å². The molecule has 2 heterocycles. The summed E-state index contributed by atoms with van der Waals surface area (Å²) in [6.45, 7) is 7.61. The second kappa shape index (κ2) is 9.12. The Morgan fingerprint density at radius 1 is 1.32 bits per heavy atom. The summed E-state index contributed by atoms with van der Waals surface area (Å²) in [7, 11) is 3.81. The van der Waals surface area contributed by atoms with Gasteiger partial charge in [-0.05, 0) is 56.9 Å². The van der Waals surface area contributed by atoms with Crippen molar-refractivity contribution in [3.63, 3.8) is 0 Å². The third kappa shape index (κ3) is 5.74. The predicted octanol–water partition coefficient (Wildman–Crippen LogP) is 3.11. The number of aromatic nitrogens is 2. The molecule has 1 aliphatic rings. The molecule has 8 nitrogen and oxygen atoms in total. The summed E-state index contributed by atoms with van der Waals surface area (Å²) in [4.78, 5) is 33.1. The van der Waals surface area contributed by atoms with Crippen LogP contribution in [0.4, 0.5) is 9.18 Å². The molecule has 0 atom stereocenters. The van der Waals surface area contributed by atoms with Crippen LogP contribution in [0.25, 0.3) is 11.0 Å². The maximum Gasteiger partial charge on any atom is 0.410 e. The van der Waals surface area contributed by atoms with E-state index in [1.807, 2.05) is 39.8 Å². The van der Waals surface area contributed by atoms with Gasteiger partial charge in [0.1, 0.15) is 18.0 Å². The van der Waals surface area contributed by atoms with Gasteiger partial charge in [-0.15, -0.1) is 0 Å². The van der Waals surface area contributed by atoms with E-state index in [-0.39, 0.29) is 22.4 Å². The van der Waals surface area contributed by atoms with E-state index in [0.29, 0.717) is 43.8 Å². The number of ether oxygens (including phenoxy) is 2. The summed E-state index contributed by atoms with van der Waals surface area (Å²) in [5.41, 5.74) is -0.134. The first kappa shape index (κ1) is 23.5. The van der Waals surface area contributed by atoms with E-state index in [0.717, 1.165) is 0 Å². The number of halogens is 2. The van der Waals surface area contributed by atoms with Crippen molar-refractivity contribution in [2.24, 2.45) is 5.92 Å². The Kier molecular flexibility index (Phi) is 6.90. The number of carbonyl (C=O) groups excluding carboxylic acids is 1.